The zero-order chi connectivity index (χ0) is 17.6. The smallest absolute Gasteiger partial charge is 0.407 e. The van der Waals surface area contributed by atoms with Gasteiger partial charge >= 0.3 is 18.0 Å². The maximum Gasteiger partial charge on any atom is 0.407 e. The van der Waals surface area contributed by atoms with Crippen molar-refractivity contribution in [1.29, 1.82) is 0 Å². The lowest BCUT2D eigenvalue weighted by atomic mass is 10.2. The van der Waals surface area contributed by atoms with Crippen LogP contribution in [0, 0.1) is 0 Å². The van der Waals surface area contributed by atoms with Crippen LogP contribution in [0.1, 0.15) is 18.9 Å². The molecule has 0 atom stereocenters. The second-order valence-corrected chi connectivity index (χ2v) is 4.59. The summed E-state index contributed by atoms with van der Waals surface area (Å²) in [5.41, 5.74) is 0.898. The van der Waals surface area contributed by atoms with E-state index in [1.54, 1.807) is 6.92 Å². The largest absolute Gasteiger partial charge is 0.463 e. The first-order chi connectivity index (χ1) is 11.6. The maximum absolute atomic E-state index is 11.4. The highest BCUT2D eigenvalue weighted by Crippen LogP contribution is 2.00. The van der Waals surface area contributed by atoms with E-state index in [2.05, 4.69) is 10.1 Å². The molecule has 24 heavy (non-hydrogen) atoms. The SMILES string of the molecule is CCOC(=O)/C=C/C(=O)OCCCNC(=O)OCc1ccccc1. The lowest BCUT2D eigenvalue weighted by molar-refractivity contribution is -0.140. The van der Waals surface area contributed by atoms with E-state index >= 15 is 0 Å². The van der Waals surface area contributed by atoms with Gasteiger partial charge in [0.2, 0.25) is 0 Å². The van der Waals surface area contributed by atoms with Crippen molar-refractivity contribution in [3.8, 4) is 0 Å². The van der Waals surface area contributed by atoms with Crippen molar-refractivity contribution in [2.45, 2.75) is 20.0 Å². The Hall–Kier alpha value is -2.83. The normalized spacial score (nSPS) is 10.2. The van der Waals surface area contributed by atoms with Crippen LogP contribution in [0.4, 0.5) is 4.79 Å². The van der Waals surface area contributed by atoms with E-state index < -0.39 is 18.0 Å². The zero-order valence-corrected chi connectivity index (χ0v) is 13.5. The monoisotopic (exact) mass is 335 g/mol. The Kier molecular flexibility index (Phi) is 9.37. The van der Waals surface area contributed by atoms with E-state index in [-0.39, 0.29) is 19.8 Å². The number of benzene rings is 1. The summed E-state index contributed by atoms with van der Waals surface area (Å²) in [6, 6.07) is 9.32. The number of carbonyl (C=O) groups excluding carboxylic acids is 3. The van der Waals surface area contributed by atoms with Crippen LogP contribution in [0.3, 0.4) is 0 Å². The van der Waals surface area contributed by atoms with Crippen LogP contribution in [0.15, 0.2) is 42.5 Å². The van der Waals surface area contributed by atoms with E-state index in [4.69, 9.17) is 9.47 Å². The van der Waals surface area contributed by atoms with Gasteiger partial charge in [0.05, 0.1) is 13.2 Å². The Balaban J connectivity index is 2.05. The molecule has 0 radical (unpaired) electrons. The van der Waals surface area contributed by atoms with Gasteiger partial charge in [0.1, 0.15) is 6.61 Å². The summed E-state index contributed by atoms with van der Waals surface area (Å²) in [6.45, 7) is 2.53. The van der Waals surface area contributed by atoms with Crippen LogP contribution >= 0.6 is 0 Å². The topological polar surface area (TPSA) is 90.9 Å². The fourth-order valence-electron chi connectivity index (χ4n) is 1.58. The summed E-state index contributed by atoms with van der Waals surface area (Å²) in [5.74, 6) is -1.24. The number of amides is 1. The average molecular weight is 335 g/mol. The predicted octanol–water partition coefficient (Wildman–Crippen LogP) is 1.97. The number of rotatable bonds is 9. The van der Waals surface area contributed by atoms with Crippen LogP contribution in [0.25, 0.3) is 0 Å². The van der Waals surface area contributed by atoms with E-state index in [1.165, 1.54) is 0 Å². The molecule has 0 bridgehead atoms. The number of esters is 2. The Morgan fingerprint density at radius 1 is 1.00 bits per heavy atom. The van der Waals surface area contributed by atoms with Crippen molar-refractivity contribution >= 4 is 18.0 Å². The highest BCUT2D eigenvalue weighted by molar-refractivity contribution is 5.91. The third-order valence-electron chi connectivity index (χ3n) is 2.69. The number of hydrogen-bond donors (Lipinski definition) is 1. The van der Waals surface area contributed by atoms with Crippen molar-refractivity contribution in [2.24, 2.45) is 0 Å². The summed E-state index contributed by atoms with van der Waals surface area (Å²) in [7, 11) is 0. The van der Waals surface area contributed by atoms with Crippen LogP contribution in [0.5, 0.6) is 0 Å². The molecule has 0 fully saturated rings. The molecule has 0 spiro atoms. The molecule has 0 heterocycles. The molecule has 0 aliphatic heterocycles. The number of alkyl carbamates (subject to hydrolysis) is 1. The molecule has 0 saturated heterocycles. The van der Waals surface area contributed by atoms with Gasteiger partial charge in [0.25, 0.3) is 0 Å². The fraction of sp³-hybridized carbons (Fsp3) is 0.353. The minimum Gasteiger partial charge on any atom is -0.463 e. The summed E-state index contributed by atoms with van der Waals surface area (Å²) >= 11 is 0. The Labute approximate surface area is 140 Å². The van der Waals surface area contributed by atoms with Gasteiger partial charge in [-0.05, 0) is 18.9 Å². The van der Waals surface area contributed by atoms with Gasteiger partial charge < -0.3 is 19.5 Å². The van der Waals surface area contributed by atoms with Crippen molar-refractivity contribution < 1.29 is 28.6 Å². The second-order valence-electron chi connectivity index (χ2n) is 4.59. The van der Waals surface area contributed by atoms with Crippen LogP contribution in [-0.4, -0.2) is 37.8 Å². The van der Waals surface area contributed by atoms with Gasteiger partial charge in [-0.25, -0.2) is 14.4 Å². The Morgan fingerprint density at radius 3 is 2.33 bits per heavy atom. The third-order valence-corrected chi connectivity index (χ3v) is 2.69. The standard InChI is InChI=1S/C17H21NO6/c1-2-22-15(19)9-10-16(20)23-12-6-11-18-17(21)24-13-14-7-4-3-5-8-14/h3-5,7-10H,2,6,11-13H2,1H3,(H,18,21)/b10-9+. The van der Waals surface area contributed by atoms with Gasteiger partial charge in [-0.1, -0.05) is 30.3 Å². The molecule has 130 valence electrons. The first-order valence-corrected chi connectivity index (χ1v) is 7.58. The first-order valence-electron chi connectivity index (χ1n) is 7.58. The lowest BCUT2D eigenvalue weighted by Gasteiger charge is -2.07. The van der Waals surface area contributed by atoms with Crippen molar-refractivity contribution in [3.05, 3.63) is 48.0 Å². The Morgan fingerprint density at radius 2 is 1.67 bits per heavy atom. The summed E-state index contributed by atoms with van der Waals surface area (Å²) in [5, 5.41) is 2.55. The molecular formula is C17H21NO6. The lowest BCUT2D eigenvalue weighted by Crippen LogP contribution is -2.26. The predicted molar refractivity (Wildman–Crippen MR) is 86.0 cm³/mol. The summed E-state index contributed by atoms with van der Waals surface area (Å²) in [4.78, 5) is 33.7. The van der Waals surface area contributed by atoms with E-state index in [0.29, 0.717) is 13.0 Å². The van der Waals surface area contributed by atoms with Crippen molar-refractivity contribution in [2.75, 3.05) is 19.8 Å². The molecule has 1 amide bonds. The van der Waals surface area contributed by atoms with Gasteiger partial charge in [-0.3, -0.25) is 0 Å². The summed E-state index contributed by atoms with van der Waals surface area (Å²) in [6.07, 6.45) is 1.90. The van der Waals surface area contributed by atoms with Crippen LogP contribution in [-0.2, 0) is 30.4 Å². The van der Waals surface area contributed by atoms with Gasteiger partial charge in [-0.15, -0.1) is 0 Å². The van der Waals surface area contributed by atoms with Crippen molar-refractivity contribution in [1.82, 2.24) is 5.32 Å². The Bertz CT molecular complexity index is 555. The first kappa shape index (κ1) is 19.2. The molecule has 7 heteroatoms. The van der Waals surface area contributed by atoms with Crippen LogP contribution < -0.4 is 5.32 Å². The number of ether oxygens (including phenoxy) is 3. The minimum atomic E-state index is -0.644. The molecule has 0 aromatic heterocycles. The molecule has 0 aliphatic carbocycles. The highest BCUT2D eigenvalue weighted by atomic mass is 16.5. The molecule has 0 unspecified atom stereocenters. The number of carbonyl (C=O) groups is 3. The molecule has 1 N–H and O–H groups in total. The third kappa shape index (κ3) is 9.24. The quantitative estimate of drug-likeness (QED) is 0.321. The molecule has 0 saturated carbocycles. The van der Waals surface area contributed by atoms with E-state index in [0.717, 1.165) is 17.7 Å². The molecule has 1 aromatic carbocycles. The molecule has 0 aliphatic rings. The fourth-order valence-corrected chi connectivity index (χ4v) is 1.58. The van der Waals surface area contributed by atoms with E-state index in [9.17, 15) is 14.4 Å². The second kappa shape index (κ2) is 11.7. The summed E-state index contributed by atoms with van der Waals surface area (Å²) < 4.78 is 14.5. The highest BCUT2D eigenvalue weighted by Gasteiger charge is 2.03. The molecular weight excluding hydrogens is 314 g/mol. The average Bonchev–Trinajstić information content (AvgIpc) is 2.59. The van der Waals surface area contributed by atoms with Crippen LogP contribution in [0.2, 0.25) is 0 Å². The van der Waals surface area contributed by atoms with Gasteiger partial charge in [0, 0.05) is 18.7 Å². The minimum absolute atomic E-state index is 0.116. The number of nitrogens with one attached hydrogen (secondary N) is 1. The molecule has 1 rings (SSSR count). The molecule has 7 nitrogen and oxygen atoms in total. The zero-order valence-electron chi connectivity index (χ0n) is 13.5. The van der Waals surface area contributed by atoms with Gasteiger partial charge in [0.15, 0.2) is 0 Å². The molecule has 1 aromatic rings. The van der Waals surface area contributed by atoms with Crippen molar-refractivity contribution in [3.63, 3.8) is 0 Å². The maximum atomic E-state index is 11.4. The van der Waals surface area contributed by atoms with E-state index in [1.807, 2.05) is 30.3 Å². The van der Waals surface area contributed by atoms with Gasteiger partial charge in [-0.2, -0.15) is 0 Å². The number of hydrogen-bond acceptors (Lipinski definition) is 6.